The first kappa shape index (κ1) is 12.2. The van der Waals surface area contributed by atoms with Gasteiger partial charge in [-0.15, -0.1) is 0 Å². The Morgan fingerprint density at radius 3 is 2.37 bits per heavy atom. The third kappa shape index (κ3) is 2.20. The zero-order chi connectivity index (χ0) is 12.9. The number of carbonyl (C=O) groups excluding carboxylic acids is 1. The molecule has 3 saturated carbocycles. The van der Waals surface area contributed by atoms with Crippen LogP contribution in [-0.2, 0) is 4.79 Å². The van der Waals surface area contributed by atoms with Crippen LogP contribution in [0.4, 0.5) is 0 Å². The number of nitrogens with zero attached hydrogens (tertiary/aromatic N) is 1. The predicted molar refractivity (Wildman–Crippen MR) is 74.7 cm³/mol. The third-order valence-electron chi connectivity index (χ3n) is 6.21. The number of amides is 1. The molecule has 0 radical (unpaired) electrons. The SMILES string of the molecule is O=C(NCC1(CN2CCCC2)CC1)C1CC12CCC2. The van der Waals surface area contributed by atoms with Gasteiger partial charge in [-0.3, -0.25) is 4.79 Å². The minimum atomic E-state index is 0.368. The van der Waals surface area contributed by atoms with E-state index in [9.17, 15) is 4.79 Å². The summed E-state index contributed by atoms with van der Waals surface area (Å²) in [5.41, 5.74) is 0.928. The minimum absolute atomic E-state index is 0.368. The molecule has 4 rings (SSSR count). The maximum absolute atomic E-state index is 12.2. The molecule has 0 bridgehead atoms. The van der Waals surface area contributed by atoms with Crippen LogP contribution in [0.1, 0.15) is 51.4 Å². The van der Waals surface area contributed by atoms with Crippen molar-refractivity contribution in [2.45, 2.75) is 51.4 Å². The largest absolute Gasteiger partial charge is 0.355 e. The molecule has 0 aromatic carbocycles. The average molecular weight is 262 g/mol. The highest BCUT2D eigenvalue weighted by atomic mass is 16.2. The molecule has 1 atom stereocenters. The first-order valence-electron chi connectivity index (χ1n) is 8.22. The lowest BCUT2D eigenvalue weighted by Crippen LogP contribution is -2.38. The average Bonchev–Trinajstić information content (AvgIpc) is 3.23. The van der Waals surface area contributed by atoms with Crippen molar-refractivity contribution in [1.29, 1.82) is 0 Å². The van der Waals surface area contributed by atoms with Gasteiger partial charge in [-0.2, -0.15) is 0 Å². The monoisotopic (exact) mass is 262 g/mol. The van der Waals surface area contributed by atoms with E-state index in [2.05, 4.69) is 10.2 Å². The van der Waals surface area contributed by atoms with Crippen molar-refractivity contribution in [2.75, 3.05) is 26.2 Å². The Balaban J connectivity index is 1.24. The molecule has 0 aromatic heterocycles. The molecule has 4 aliphatic rings. The van der Waals surface area contributed by atoms with Gasteiger partial charge < -0.3 is 10.2 Å². The quantitative estimate of drug-likeness (QED) is 0.823. The fourth-order valence-corrected chi connectivity index (χ4v) is 4.28. The summed E-state index contributed by atoms with van der Waals surface area (Å²) in [5, 5.41) is 3.28. The Morgan fingerprint density at radius 2 is 1.84 bits per heavy atom. The summed E-state index contributed by atoms with van der Waals surface area (Å²) in [6.07, 6.45) is 10.5. The second-order valence-corrected chi connectivity index (χ2v) is 7.67. The molecule has 3 heteroatoms. The van der Waals surface area contributed by atoms with Crippen LogP contribution in [0.3, 0.4) is 0 Å². The molecule has 1 amide bonds. The molecule has 106 valence electrons. The van der Waals surface area contributed by atoms with E-state index >= 15 is 0 Å². The summed E-state index contributed by atoms with van der Waals surface area (Å²) in [7, 11) is 0. The van der Waals surface area contributed by atoms with Crippen LogP contribution in [0, 0.1) is 16.7 Å². The molecular weight excluding hydrogens is 236 g/mol. The van der Waals surface area contributed by atoms with Crippen molar-refractivity contribution in [3.63, 3.8) is 0 Å². The highest BCUT2D eigenvalue weighted by Crippen LogP contribution is 2.65. The third-order valence-corrected chi connectivity index (χ3v) is 6.21. The standard InChI is InChI=1S/C16H26N2O/c19-14(13-10-16(13)4-3-5-16)17-11-15(6-7-15)12-18-8-1-2-9-18/h13H,1-12H2,(H,17,19). The second-order valence-electron chi connectivity index (χ2n) is 7.67. The molecule has 1 spiro atoms. The summed E-state index contributed by atoms with van der Waals surface area (Å²) in [6, 6.07) is 0. The number of nitrogens with one attached hydrogen (secondary N) is 1. The van der Waals surface area contributed by atoms with Crippen LogP contribution in [0.25, 0.3) is 0 Å². The number of hydrogen-bond donors (Lipinski definition) is 1. The lowest BCUT2D eigenvalue weighted by Gasteiger charge is -2.27. The van der Waals surface area contributed by atoms with Crippen molar-refractivity contribution >= 4 is 5.91 Å². The molecule has 3 aliphatic carbocycles. The van der Waals surface area contributed by atoms with Gasteiger partial charge in [-0.1, -0.05) is 6.42 Å². The zero-order valence-electron chi connectivity index (χ0n) is 11.9. The van der Waals surface area contributed by atoms with Gasteiger partial charge in [-0.25, -0.2) is 0 Å². The normalized spacial score (nSPS) is 34.0. The van der Waals surface area contributed by atoms with E-state index in [-0.39, 0.29) is 0 Å². The smallest absolute Gasteiger partial charge is 0.223 e. The van der Waals surface area contributed by atoms with E-state index in [4.69, 9.17) is 0 Å². The van der Waals surface area contributed by atoms with Crippen molar-refractivity contribution in [2.24, 2.45) is 16.7 Å². The van der Waals surface area contributed by atoms with E-state index in [0.717, 1.165) is 6.54 Å². The van der Waals surface area contributed by atoms with Crippen molar-refractivity contribution in [3.8, 4) is 0 Å². The molecule has 1 unspecified atom stereocenters. The predicted octanol–water partition coefficient (Wildman–Crippen LogP) is 2.17. The number of hydrogen-bond acceptors (Lipinski definition) is 2. The van der Waals surface area contributed by atoms with Crippen LogP contribution in [0.15, 0.2) is 0 Å². The van der Waals surface area contributed by atoms with E-state index in [1.54, 1.807) is 0 Å². The van der Waals surface area contributed by atoms with E-state index in [1.165, 1.54) is 71.0 Å². The Hall–Kier alpha value is -0.570. The molecular formula is C16H26N2O. The topological polar surface area (TPSA) is 32.3 Å². The molecule has 1 saturated heterocycles. The number of rotatable bonds is 5. The summed E-state index contributed by atoms with van der Waals surface area (Å²) in [6.45, 7) is 4.72. The maximum atomic E-state index is 12.2. The van der Waals surface area contributed by atoms with Gasteiger partial charge in [-0.05, 0) is 63.5 Å². The van der Waals surface area contributed by atoms with Gasteiger partial charge in [0.05, 0.1) is 0 Å². The molecule has 0 aromatic rings. The van der Waals surface area contributed by atoms with Crippen LogP contribution in [0.5, 0.6) is 0 Å². The van der Waals surface area contributed by atoms with Crippen LogP contribution in [-0.4, -0.2) is 37.0 Å². The van der Waals surface area contributed by atoms with Crippen molar-refractivity contribution in [3.05, 3.63) is 0 Å². The summed E-state index contributed by atoms with van der Waals surface area (Å²) in [5.74, 6) is 0.747. The second kappa shape index (κ2) is 4.21. The summed E-state index contributed by atoms with van der Waals surface area (Å²) in [4.78, 5) is 14.8. The molecule has 1 heterocycles. The van der Waals surface area contributed by atoms with Gasteiger partial charge in [0.1, 0.15) is 0 Å². The zero-order valence-corrected chi connectivity index (χ0v) is 11.9. The first-order valence-corrected chi connectivity index (χ1v) is 8.22. The number of likely N-dealkylation sites (tertiary alicyclic amines) is 1. The summed E-state index contributed by atoms with van der Waals surface area (Å²) < 4.78 is 0. The molecule has 3 nitrogen and oxygen atoms in total. The van der Waals surface area contributed by atoms with E-state index < -0.39 is 0 Å². The Bertz CT molecular complexity index is 378. The molecule has 4 fully saturated rings. The van der Waals surface area contributed by atoms with E-state index in [0.29, 0.717) is 22.7 Å². The Kier molecular flexibility index (Phi) is 2.70. The van der Waals surface area contributed by atoms with Crippen molar-refractivity contribution < 1.29 is 4.79 Å². The minimum Gasteiger partial charge on any atom is -0.355 e. The highest BCUT2D eigenvalue weighted by Gasteiger charge is 2.61. The number of carbonyl (C=O) groups is 1. The van der Waals surface area contributed by atoms with Gasteiger partial charge in [0.15, 0.2) is 0 Å². The first-order chi connectivity index (χ1) is 9.22. The van der Waals surface area contributed by atoms with Crippen LogP contribution >= 0.6 is 0 Å². The van der Waals surface area contributed by atoms with E-state index in [1.807, 2.05) is 0 Å². The Morgan fingerprint density at radius 1 is 1.11 bits per heavy atom. The molecule has 1 aliphatic heterocycles. The lowest BCUT2D eigenvalue weighted by molar-refractivity contribution is -0.123. The van der Waals surface area contributed by atoms with Gasteiger partial charge >= 0.3 is 0 Å². The van der Waals surface area contributed by atoms with Crippen LogP contribution in [0.2, 0.25) is 0 Å². The van der Waals surface area contributed by atoms with Crippen LogP contribution < -0.4 is 5.32 Å². The Labute approximate surface area is 116 Å². The van der Waals surface area contributed by atoms with Crippen molar-refractivity contribution in [1.82, 2.24) is 10.2 Å². The highest BCUT2D eigenvalue weighted by molar-refractivity contribution is 5.82. The van der Waals surface area contributed by atoms with Gasteiger partial charge in [0, 0.05) is 24.4 Å². The van der Waals surface area contributed by atoms with Gasteiger partial charge in [0.25, 0.3) is 0 Å². The molecule has 1 N–H and O–H groups in total. The fourth-order valence-electron chi connectivity index (χ4n) is 4.28. The molecule has 19 heavy (non-hydrogen) atoms. The maximum Gasteiger partial charge on any atom is 0.223 e. The fraction of sp³-hybridized carbons (Fsp3) is 0.938. The lowest BCUT2D eigenvalue weighted by atomic mass is 9.79. The summed E-state index contributed by atoms with van der Waals surface area (Å²) >= 11 is 0. The van der Waals surface area contributed by atoms with Gasteiger partial charge in [0.2, 0.25) is 5.91 Å².